The van der Waals surface area contributed by atoms with Crippen molar-refractivity contribution in [3.05, 3.63) is 62.0 Å². The summed E-state index contributed by atoms with van der Waals surface area (Å²) in [5.41, 5.74) is 2.16. The normalized spacial score (nSPS) is 10.5. The Labute approximate surface area is 136 Å². The van der Waals surface area contributed by atoms with E-state index in [1.165, 1.54) is 6.07 Å². The summed E-state index contributed by atoms with van der Waals surface area (Å²) < 4.78 is 14.4. The number of benzene rings is 2. The van der Waals surface area contributed by atoms with Crippen molar-refractivity contribution in [2.24, 2.45) is 0 Å². The Hall–Kier alpha value is -1.63. The van der Waals surface area contributed by atoms with Crippen molar-refractivity contribution in [1.82, 2.24) is 5.32 Å². The van der Waals surface area contributed by atoms with Crippen LogP contribution in [-0.2, 0) is 6.54 Å². The van der Waals surface area contributed by atoms with Crippen molar-refractivity contribution in [3.8, 4) is 5.75 Å². The Morgan fingerprint density at radius 1 is 1.24 bits per heavy atom. The third-order valence-electron chi connectivity index (χ3n) is 3.15. The summed E-state index contributed by atoms with van der Waals surface area (Å²) in [5.74, 6) is -0.634. The van der Waals surface area contributed by atoms with E-state index in [1.807, 2.05) is 0 Å². The zero-order valence-electron chi connectivity index (χ0n) is 11.7. The maximum absolute atomic E-state index is 13.6. The molecule has 5 heteroatoms. The average molecular weight is 399 g/mol. The van der Waals surface area contributed by atoms with E-state index in [0.717, 1.165) is 9.13 Å². The van der Waals surface area contributed by atoms with Crippen LogP contribution in [0.3, 0.4) is 0 Å². The SMILES string of the molecule is Cc1cc(CNC(=O)c2cc(I)ccc2O)cc(C)c1F. The molecule has 2 aromatic carbocycles. The van der Waals surface area contributed by atoms with Gasteiger partial charge < -0.3 is 10.4 Å². The second-order valence-corrected chi connectivity index (χ2v) is 6.13. The third kappa shape index (κ3) is 3.72. The molecular weight excluding hydrogens is 384 g/mol. The van der Waals surface area contributed by atoms with Crippen molar-refractivity contribution in [3.63, 3.8) is 0 Å². The molecule has 0 aliphatic heterocycles. The third-order valence-corrected chi connectivity index (χ3v) is 3.82. The zero-order chi connectivity index (χ0) is 15.6. The molecule has 0 atom stereocenters. The fraction of sp³-hybridized carbons (Fsp3) is 0.188. The number of nitrogens with one attached hydrogen (secondary N) is 1. The van der Waals surface area contributed by atoms with Crippen LogP contribution in [0.4, 0.5) is 4.39 Å². The molecule has 0 unspecified atom stereocenters. The molecule has 0 fully saturated rings. The lowest BCUT2D eigenvalue weighted by atomic mass is 10.1. The number of phenolic OH excluding ortho intramolecular Hbond substituents is 1. The van der Waals surface area contributed by atoms with Crippen molar-refractivity contribution in [1.29, 1.82) is 0 Å². The van der Waals surface area contributed by atoms with Crippen molar-refractivity contribution in [2.45, 2.75) is 20.4 Å². The maximum Gasteiger partial charge on any atom is 0.255 e. The minimum Gasteiger partial charge on any atom is -0.507 e. The van der Waals surface area contributed by atoms with Crippen LogP contribution in [0.2, 0.25) is 0 Å². The van der Waals surface area contributed by atoms with E-state index >= 15 is 0 Å². The number of halogens is 2. The Morgan fingerprint density at radius 2 is 1.86 bits per heavy atom. The highest BCUT2D eigenvalue weighted by atomic mass is 127. The zero-order valence-corrected chi connectivity index (χ0v) is 13.9. The van der Waals surface area contributed by atoms with E-state index in [-0.39, 0.29) is 29.6 Å². The molecule has 0 spiro atoms. The lowest BCUT2D eigenvalue weighted by Crippen LogP contribution is -2.23. The molecule has 0 heterocycles. The first-order chi connectivity index (χ1) is 9.88. The summed E-state index contributed by atoms with van der Waals surface area (Å²) in [6.45, 7) is 3.67. The van der Waals surface area contributed by atoms with Crippen LogP contribution in [0, 0.1) is 23.2 Å². The first-order valence-corrected chi connectivity index (χ1v) is 7.48. The van der Waals surface area contributed by atoms with Gasteiger partial charge in [0, 0.05) is 10.1 Å². The number of hydrogen-bond acceptors (Lipinski definition) is 2. The van der Waals surface area contributed by atoms with Gasteiger partial charge in [0.05, 0.1) is 5.56 Å². The second kappa shape index (κ2) is 6.43. The number of amides is 1. The molecule has 0 aromatic heterocycles. The number of rotatable bonds is 3. The smallest absolute Gasteiger partial charge is 0.255 e. The van der Waals surface area contributed by atoms with Gasteiger partial charge in [-0.25, -0.2) is 4.39 Å². The summed E-state index contributed by atoms with van der Waals surface area (Å²) >= 11 is 2.07. The van der Waals surface area contributed by atoms with Gasteiger partial charge in [-0.15, -0.1) is 0 Å². The Kier molecular flexibility index (Phi) is 4.82. The molecule has 3 nitrogen and oxygen atoms in total. The standard InChI is InChI=1S/C16H15FINO2/c1-9-5-11(6-10(2)15(9)17)8-19-16(21)13-7-12(18)3-4-14(13)20/h3-7,20H,8H2,1-2H3,(H,19,21). The van der Waals surface area contributed by atoms with Gasteiger partial charge in [-0.05, 0) is 71.3 Å². The largest absolute Gasteiger partial charge is 0.507 e. The van der Waals surface area contributed by atoms with Gasteiger partial charge in [0.15, 0.2) is 0 Å². The molecule has 0 saturated carbocycles. The molecule has 0 radical (unpaired) electrons. The molecule has 0 aliphatic carbocycles. The molecular formula is C16H15FINO2. The number of phenols is 1. The first-order valence-electron chi connectivity index (χ1n) is 6.41. The molecule has 0 saturated heterocycles. The molecule has 2 rings (SSSR count). The summed E-state index contributed by atoms with van der Waals surface area (Å²) in [6, 6.07) is 8.24. The highest BCUT2D eigenvalue weighted by Gasteiger charge is 2.12. The van der Waals surface area contributed by atoms with E-state index in [2.05, 4.69) is 27.9 Å². The minimum atomic E-state index is -0.356. The topological polar surface area (TPSA) is 49.3 Å². The lowest BCUT2D eigenvalue weighted by molar-refractivity contribution is 0.0948. The fourth-order valence-electron chi connectivity index (χ4n) is 2.11. The van der Waals surface area contributed by atoms with Gasteiger partial charge >= 0.3 is 0 Å². The summed E-state index contributed by atoms with van der Waals surface area (Å²) in [4.78, 5) is 12.1. The first kappa shape index (κ1) is 15.8. The summed E-state index contributed by atoms with van der Waals surface area (Å²) in [6.07, 6.45) is 0. The Morgan fingerprint density at radius 3 is 2.48 bits per heavy atom. The van der Waals surface area contributed by atoms with Crippen LogP contribution in [0.5, 0.6) is 5.75 Å². The van der Waals surface area contributed by atoms with Crippen LogP contribution in [0.15, 0.2) is 30.3 Å². The number of aryl methyl sites for hydroxylation is 2. The molecule has 0 bridgehead atoms. The van der Waals surface area contributed by atoms with E-state index in [0.29, 0.717) is 11.1 Å². The number of aromatic hydroxyl groups is 1. The van der Waals surface area contributed by atoms with Gasteiger partial charge in [-0.2, -0.15) is 0 Å². The van der Waals surface area contributed by atoms with Crippen LogP contribution >= 0.6 is 22.6 Å². The van der Waals surface area contributed by atoms with E-state index < -0.39 is 0 Å². The van der Waals surface area contributed by atoms with Crippen LogP contribution in [-0.4, -0.2) is 11.0 Å². The van der Waals surface area contributed by atoms with Gasteiger partial charge in [-0.3, -0.25) is 4.79 Å². The molecule has 21 heavy (non-hydrogen) atoms. The molecule has 110 valence electrons. The molecule has 2 N–H and O–H groups in total. The monoisotopic (exact) mass is 399 g/mol. The number of carbonyl (C=O) groups is 1. The molecule has 2 aromatic rings. The van der Waals surface area contributed by atoms with E-state index in [1.54, 1.807) is 38.1 Å². The van der Waals surface area contributed by atoms with E-state index in [9.17, 15) is 14.3 Å². The van der Waals surface area contributed by atoms with Gasteiger partial charge in [0.25, 0.3) is 5.91 Å². The average Bonchev–Trinajstić information content (AvgIpc) is 2.44. The Balaban J connectivity index is 2.13. The van der Waals surface area contributed by atoms with Gasteiger partial charge in [-0.1, -0.05) is 12.1 Å². The Bertz CT molecular complexity index is 678. The number of carbonyl (C=O) groups excluding carboxylic acids is 1. The molecule has 0 aliphatic rings. The van der Waals surface area contributed by atoms with E-state index in [4.69, 9.17) is 0 Å². The number of hydrogen-bond donors (Lipinski definition) is 2. The quantitative estimate of drug-likeness (QED) is 0.774. The second-order valence-electron chi connectivity index (χ2n) is 4.89. The van der Waals surface area contributed by atoms with Crippen molar-refractivity contribution in [2.75, 3.05) is 0 Å². The fourth-order valence-corrected chi connectivity index (χ4v) is 2.60. The van der Waals surface area contributed by atoms with Crippen LogP contribution in [0.1, 0.15) is 27.0 Å². The van der Waals surface area contributed by atoms with Crippen molar-refractivity contribution < 1.29 is 14.3 Å². The van der Waals surface area contributed by atoms with Crippen LogP contribution in [0.25, 0.3) is 0 Å². The summed E-state index contributed by atoms with van der Waals surface area (Å²) in [5, 5.41) is 12.4. The predicted molar refractivity (Wildman–Crippen MR) is 87.9 cm³/mol. The highest BCUT2D eigenvalue weighted by Crippen LogP contribution is 2.20. The highest BCUT2D eigenvalue weighted by molar-refractivity contribution is 14.1. The van der Waals surface area contributed by atoms with Gasteiger partial charge in [0.2, 0.25) is 0 Å². The van der Waals surface area contributed by atoms with Crippen molar-refractivity contribution >= 4 is 28.5 Å². The van der Waals surface area contributed by atoms with Crippen LogP contribution < -0.4 is 5.32 Å². The lowest BCUT2D eigenvalue weighted by Gasteiger charge is -2.10. The minimum absolute atomic E-state index is 0.0561. The maximum atomic E-state index is 13.6. The predicted octanol–water partition coefficient (Wildman–Crippen LogP) is 3.68. The summed E-state index contributed by atoms with van der Waals surface area (Å²) in [7, 11) is 0. The van der Waals surface area contributed by atoms with Gasteiger partial charge in [0.1, 0.15) is 11.6 Å². The molecule has 1 amide bonds.